The van der Waals surface area contributed by atoms with E-state index in [1.54, 1.807) is 0 Å². The highest BCUT2D eigenvalue weighted by Crippen LogP contribution is 2.09. The molecule has 0 unspecified atom stereocenters. The molecule has 0 aromatic heterocycles. The summed E-state index contributed by atoms with van der Waals surface area (Å²) < 4.78 is 60.8. The molecule has 0 saturated heterocycles. The van der Waals surface area contributed by atoms with Gasteiger partial charge in [0.1, 0.15) is 5.82 Å². The number of sulfonamides is 1. The van der Waals surface area contributed by atoms with Crippen LogP contribution in [-0.4, -0.2) is 35.4 Å². The Morgan fingerprint density at radius 1 is 1.16 bits per heavy atom. The van der Waals surface area contributed by atoms with Crippen molar-refractivity contribution in [1.82, 2.24) is 4.72 Å². The molecular formula is C11H16FNO4S2. The monoisotopic (exact) mass is 309 g/mol. The first-order chi connectivity index (χ1) is 8.74. The highest BCUT2D eigenvalue weighted by Gasteiger charge is 2.15. The summed E-state index contributed by atoms with van der Waals surface area (Å²) in [4.78, 5) is 0. The summed E-state index contributed by atoms with van der Waals surface area (Å²) >= 11 is 0. The van der Waals surface area contributed by atoms with E-state index in [0.717, 1.165) is 6.07 Å². The first-order valence-electron chi connectivity index (χ1n) is 5.60. The molecule has 0 aliphatic carbocycles. The molecular weight excluding hydrogens is 293 g/mol. The zero-order valence-electron chi connectivity index (χ0n) is 10.5. The number of hydrogen-bond acceptors (Lipinski definition) is 4. The third-order valence-electron chi connectivity index (χ3n) is 2.46. The van der Waals surface area contributed by atoms with Crippen LogP contribution in [-0.2, 0) is 25.6 Å². The molecule has 0 aliphatic rings. The van der Waals surface area contributed by atoms with Crippen LogP contribution in [0, 0.1) is 5.82 Å². The van der Waals surface area contributed by atoms with Crippen molar-refractivity contribution >= 4 is 19.9 Å². The van der Waals surface area contributed by atoms with Gasteiger partial charge in [0.15, 0.2) is 9.84 Å². The predicted molar refractivity (Wildman–Crippen MR) is 71.4 cm³/mol. The maximum absolute atomic E-state index is 12.9. The summed E-state index contributed by atoms with van der Waals surface area (Å²) in [7, 11) is -5.56. The SMILES string of the molecule is CNS(=O)(=O)CCCS(=O)(=O)Cc1cccc(F)c1. The lowest BCUT2D eigenvalue weighted by Gasteiger charge is -2.05. The standard InChI is InChI=1S/C11H16FNO4S2/c1-13-19(16,17)7-3-6-18(14,15)9-10-4-2-5-11(12)8-10/h2,4-5,8,13H,3,6-7,9H2,1H3. The van der Waals surface area contributed by atoms with Gasteiger partial charge >= 0.3 is 0 Å². The van der Waals surface area contributed by atoms with Gasteiger partial charge in [-0.1, -0.05) is 12.1 Å². The van der Waals surface area contributed by atoms with Crippen LogP contribution in [0.5, 0.6) is 0 Å². The molecule has 0 aliphatic heterocycles. The van der Waals surface area contributed by atoms with E-state index in [4.69, 9.17) is 0 Å². The van der Waals surface area contributed by atoms with Gasteiger partial charge in [0.25, 0.3) is 0 Å². The molecule has 0 spiro atoms. The number of benzene rings is 1. The van der Waals surface area contributed by atoms with Crippen molar-refractivity contribution in [2.24, 2.45) is 0 Å². The van der Waals surface area contributed by atoms with E-state index in [0.29, 0.717) is 5.56 Å². The zero-order chi connectivity index (χ0) is 14.5. The summed E-state index contributed by atoms with van der Waals surface area (Å²) in [5.41, 5.74) is 0.358. The average Bonchev–Trinajstić information content (AvgIpc) is 2.27. The molecule has 0 radical (unpaired) electrons. The Morgan fingerprint density at radius 2 is 1.84 bits per heavy atom. The molecule has 108 valence electrons. The minimum atomic E-state index is -3.44. The van der Waals surface area contributed by atoms with Crippen LogP contribution >= 0.6 is 0 Å². The Hall–Kier alpha value is -0.990. The second kappa shape index (κ2) is 6.44. The first-order valence-corrected chi connectivity index (χ1v) is 9.07. The highest BCUT2D eigenvalue weighted by atomic mass is 32.2. The number of halogens is 1. The molecule has 8 heteroatoms. The van der Waals surface area contributed by atoms with Gasteiger partial charge in [0, 0.05) is 0 Å². The molecule has 0 fully saturated rings. The van der Waals surface area contributed by atoms with Crippen LogP contribution in [0.1, 0.15) is 12.0 Å². The molecule has 5 nitrogen and oxygen atoms in total. The van der Waals surface area contributed by atoms with Crippen LogP contribution in [0.25, 0.3) is 0 Å². The van der Waals surface area contributed by atoms with Crippen LogP contribution in [0.4, 0.5) is 4.39 Å². The molecule has 0 bridgehead atoms. The third kappa shape index (κ3) is 6.13. The molecule has 1 N–H and O–H groups in total. The van der Waals surface area contributed by atoms with Crippen LogP contribution in [0.15, 0.2) is 24.3 Å². The molecule has 0 amide bonds. The summed E-state index contributed by atoms with van der Waals surface area (Å²) in [6, 6.07) is 5.34. The Morgan fingerprint density at radius 3 is 2.42 bits per heavy atom. The third-order valence-corrected chi connectivity index (χ3v) is 5.59. The number of rotatable bonds is 7. The van der Waals surface area contributed by atoms with Crippen molar-refractivity contribution in [2.45, 2.75) is 12.2 Å². The van der Waals surface area contributed by atoms with Crippen molar-refractivity contribution in [2.75, 3.05) is 18.6 Å². The highest BCUT2D eigenvalue weighted by molar-refractivity contribution is 7.91. The second-order valence-electron chi connectivity index (χ2n) is 4.10. The van der Waals surface area contributed by atoms with Crippen molar-refractivity contribution < 1.29 is 21.2 Å². The summed E-state index contributed by atoms with van der Waals surface area (Å²) in [5, 5.41) is 0. The van der Waals surface area contributed by atoms with E-state index in [1.807, 2.05) is 0 Å². The van der Waals surface area contributed by atoms with Crippen molar-refractivity contribution in [3.63, 3.8) is 0 Å². The summed E-state index contributed by atoms with van der Waals surface area (Å²) in [6.07, 6.45) is 0.0147. The zero-order valence-corrected chi connectivity index (χ0v) is 12.1. The lowest BCUT2D eigenvalue weighted by Crippen LogP contribution is -2.23. The molecule has 19 heavy (non-hydrogen) atoms. The molecule has 0 heterocycles. The van der Waals surface area contributed by atoms with E-state index >= 15 is 0 Å². The van der Waals surface area contributed by atoms with E-state index < -0.39 is 25.7 Å². The minimum Gasteiger partial charge on any atom is -0.228 e. The summed E-state index contributed by atoms with van der Waals surface area (Å²) in [6.45, 7) is 0. The molecule has 1 aromatic rings. The fourth-order valence-electron chi connectivity index (χ4n) is 1.52. The molecule has 1 rings (SSSR count). The van der Waals surface area contributed by atoms with Gasteiger partial charge in [-0.05, 0) is 31.2 Å². The molecule has 0 atom stereocenters. The first kappa shape index (κ1) is 16.1. The van der Waals surface area contributed by atoms with Crippen molar-refractivity contribution in [1.29, 1.82) is 0 Å². The molecule has 1 aromatic carbocycles. The van der Waals surface area contributed by atoms with Crippen LogP contribution < -0.4 is 4.72 Å². The maximum Gasteiger partial charge on any atom is 0.211 e. The van der Waals surface area contributed by atoms with Gasteiger partial charge in [0.2, 0.25) is 10.0 Å². The Bertz CT molecular complexity index is 626. The number of nitrogens with one attached hydrogen (secondary N) is 1. The van der Waals surface area contributed by atoms with E-state index in [2.05, 4.69) is 4.72 Å². The lowest BCUT2D eigenvalue weighted by atomic mass is 10.2. The predicted octanol–water partition coefficient (Wildman–Crippen LogP) is 0.680. The van der Waals surface area contributed by atoms with Crippen molar-refractivity contribution in [3.05, 3.63) is 35.6 Å². The maximum atomic E-state index is 12.9. The van der Waals surface area contributed by atoms with Gasteiger partial charge in [-0.3, -0.25) is 0 Å². The normalized spacial score (nSPS) is 12.5. The molecule has 0 saturated carbocycles. The van der Waals surface area contributed by atoms with Crippen LogP contribution in [0.2, 0.25) is 0 Å². The lowest BCUT2D eigenvalue weighted by molar-refractivity contribution is 0.584. The number of sulfone groups is 1. The van der Waals surface area contributed by atoms with Gasteiger partial charge in [-0.25, -0.2) is 25.9 Å². The van der Waals surface area contributed by atoms with E-state index in [-0.39, 0.29) is 23.7 Å². The smallest absolute Gasteiger partial charge is 0.211 e. The largest absolute Gasteiger partial charge is 0.228 e. The van der Waals surface area contributed by atoms with Gasteiger partial charge in [-0.15, -0.1) is 0 Å². The van der Waals surface area contributed by atoms with Crippen molar-refractivity contribution in [3.8, 4) is 0 Å². The van der Waals surface area contributed by atoms with Gasteiger partial charge in [0.05, 0.1) is 17.3 Å². The van der Waals surface area contributed by atoms with Gasteiger partial charge in [-0.2, -0.15) is 0 Å². The topological polar surface area (TPSA) is 80.3 Å². The average molecular weight is 309 g/mol. The Labute approximate surface area is 112 Å². The fraction of sp³-hybridized carbons (Fsp3) is 0.455. The van der Waals surface area contributed by atoms with E-state index in [1.165, 1.54) is 25.2 Å². The Kier molecular flexibility index (Phi) is 5.45. The quantitative estimate of drug-likeness (QED) is 0.803. The minimum absolute atomic E-state index is 0.0147. The summed E-state index contributed by atoms with van der Waals surface area (Å²) in [5.74, 6) is -1.27. The Balaban J connectivity index is 2.58. The number of hydrogen-bond donors (Lipinski definition) is 1. The van der Waals surface area contributed by atoms with E-state index in [9.17, 15) is 21.2 Å². The van der Waals surface area contributed by atoms with Crippen LogP contribution in [0.3, 0.4) is 0 Å². The van der Waals surface area contributed by atoms with Gasteiger partial charge < -0.3 is 0 Å². The second-order valence-corrected chi connectivity index (χ2v) is 8.33. The fourth-order valence-corrected chi connectivity index (χ4v) is 3.85.